The molecule has 1 N–H and O–H groups in total. The van der Waals surface area contributed by atoms with E-state index in [1.807, 2.05) is 0 Å². The minimum atomic E-state index is -0.992. The van der Waals surface area contributed by atoms with Crippen molar-refractivity contribution < 1.29 is 24.2 Å². The molecule has 1 rings (SSSR count). The van der Waals surface area contributed by atoms with Crippen LogP contribution in [-0.4, -0.2) is 30.8 Å². The number of esters is 1. The molecule has 18 heavy (non-hydrogen) atoms. The Bertz CT molecular complexity index is 433. The number of ether oxygens (including phenoxy) is 2. The van der Waals surface area contributed by atoms with Crippen molar-refractivity contribution in [3.8, 4) is 5.75 Å². The summed E-state index contributed by atoms with van der Waals surface area (Å²) >= 11 is 0. The molecule has 0 aliphatic carbocycles. The number of aliphatic carboxylic acids is 1. The van der Waals surface area contributed by atoms with Gasteiger partial charge in [0.05, 0.1) is 20.1 Å². The van der Waals surface area contributed by atoms with E-state index in [1.54, 1.807) is 24.3 Å². The van der Waals surface area contributed by atoms with Gasteiger partial charge in [0.25, 0.3) is 0 Å². The van der Waals surface area contributed by atoms with Gasteiger partial charge in [-0.2, -0.15) is 0 Å². The van der Waals surface area contributed by atoms with Crippen molar-refractivity contribution >= 4 is 18.0 Å². The molecular formula is C13H14O5. The fourth-order valence-electron chi connectivity index (χ4n) is 1.20. The summed E-state index contributed by atoms with van der Waals surface area (Å²) in [6.07, 6.45) is 2.74. The Morgan fingerprint density at radius 1 is 1.28 bits per heavy atom. The maximum Gasteiger partial charge on any atom is 0.328 e. The smallest absolute Gasteiger partial charge is 0.328 e. The molecule has 0 amide bonds. The highest BCUT2D eigenvalue weighted by Gasteiger charge is 2.00. The molecule has 0 aliphatic rings. The zero-order chi connectivity index (χ0) is 13.4. The second-order valence-corrected chi connectivity index (χ2v) is 3.42. The summed E-state index contributed by atoms with van der Waals surface area (Å²) in [4.78, 5) is 21.2. The number of carboxylic acid groups (broad SMARTS) is 1. The van der Waals surface area contributed by atoms with Gasteiger partial charge in [-0.25, -0.2) is 4.79 Å². The molecule has 0 fully saturated rings. The molecule has 0 aliphatic heterocycles. The molecule has 0 unspecified atom stereocenters. The zero-order valence-corrected chi connectivity index (χ0v) is 9.96. The monoisotopic (exact) mass is 250 g/mol. The number of benzene rings is 1. The van der Waals surface area contributed by atoms with E-state index in [9.17, 15) is 9.59 Å². The highest BCUT2D eigenvalue weighted by atomic mass is 16.5. The van der Waals surface area contributed by atoms with Crippen molar-refractivity contribution in [2.24, 2.45) is 0 Å². The predicted molar refractivity (Wildman–Crippen MR) is 65.2 cm³/mol. The zero-order valence-electron chi connectivity index (χ0n) is 9.96. The van der Waals surface area contributed by atoms with Crippen LogP contribution in [0.5, 0.6) is 5.75 Å². The lowest BCUT2D eigenvalue weighted by molar-refractivity contribution is -0.141. The quantitative estimate of drug-likeness (QED) is 0.614. The van der Waals surface area contributed by atoms with Crippen LogP contribution in [-0.2, 0) is 14.3 Å². The average molecular weight is 250 g/mol. The fraction of sp³-hybridized carbons (Fsp3) is 0.231. The van der Waals surface area contributed by atoms with E-state index in [4.69, 9.17) is 9.84 Å². The van der Waals surface area contributed by atoms with Gasteiger partial charge < -0.3 is 14.6 Å². The van der Waals surface area contributed by atoms with Crippen LogP contribution in [0.4, 0.5) is 0 Å². The summed E-state index contributed by atoms with van der Waals surface area (Å²) in [6.45, 7) is 0.247. The van der Waals surface area contributed by atoms with Gasteiger partial charge in [0.1, 0.15) is 5.75 Å². The first-order chi connectivity index (χ1) is 8.61. The van der Waals surface area contributed by atoms with Gasteiger partial charge in [-0.3, -0.25) is 4.79 Å². The SMILES string of the molecule is COC(=O)CCOc1ccc(C=CC(=O)O)cc1. The number of rotatable bonds is 6. The maximum absolute atomic E-state index is 10.8. The number of carboxylic acids is 1. The van der Waals surface area contributed by atoms with Crippen LogP contribution in [0.1, 0.15) is 12.0 Å². The Hall–Kier alpha value is -2.30. The first-order valence-electron chi connectivity index (χ1n) is 5.32. The van der Waals surface area contributed by atoms with Gasteiger partial charge in [0.2, 0.25) is 0 Å². The lowest BCUT2D eigenvalue weighted by Gasteiger charge is -2.05. The van der Waals surface area contributed by atoms with Crippen molar-refractivity contribution in [2.75, 3.05) is 13.7 Å². The fourth-order valence-corrected chi connectivity index (χ4v) is 1.20. The van der Waals surface area contributed by atoms with Crippen molar-refractivity contribution in [1.29, 1.82) is 0 Å². The lowest BCUT2D eigenvalue weighted by atomic mass is 10.2. The summed E-state index contributed by atoms with van der Waals surface area (Å²) in [5, 5.41) is 8.47. The van der Waals surface area contributed by atoms with Crippen LogP contribution < -0.4 is 4.74 Å². The molecule has 5 nitrogen and oxygen atoms in total. The molecule has 0 radical (unpaired) electrons. The summed E-state index contributed by atoms with van der Waals surface area (Å²) in [7, 11) is 1.33. The molecule has 0 saturated carbocycles. The third-order valence-corrected chi connectivity index (χ3v) is 2.10. The summed E-state index contributed by atoms with van der Waals surface area (Å²) < 4.78 is 9.80. The Morgan fingerprint density at radius 3 is 2.50 bits per heavy atom. The maximum atomic E-state index is 10.8. The molecule has 1 aromatic carbocycles. The minimum absolute atomic E-state index is 0.192. The largest absolute Gasteiger partial charge is 0.493 e. The predicted octanol–water partition coefficient (Wildman–Crippen LogP) is 1.73. The molecule has 96 valence electrons. The third-order valence-electron chi connectivity index (χ3n) is 2.10. The summed E-state index contributed by atoms with van der Waals surface area (Å²) in [5.74, 6) is -0.698. The third kappa shape index (κ3) is 5.16. The lowest BCUT2D eigenvalue weighted by Crippen LogP contribution is -2.07. The van der Waals surface area contributed by atoms with Crippen molar-refractivity contribution in [3.63, 3.8) is 0 Å². The Balaban J connectivity index is 2.45. The molecule has 0 aromatic heterocycles. The van der Waals surface area contributed by atoms with E-state index in [0.29, 0.717) is 5.75 Å². The highest BCUT2D eigenvalue weighted by molar-refractivity contribution is 5.85. The van der Waals surface area contributed by atoms with E-state index in [0.717, 1.165) is 11.6 Å². The van der Waals surface area contributed by atoms with Crippen LogP contribution in [0.2, 0.25) is 0 Å². The van der Waals surface area contributed by atoms with E-state index in [2.05, 4.69) is 4.74 Å². The van der Waals surface area contributed by atoms with Gasteiger partial charge in [-0.05, 0) is 23.8 Å². The van der Waals surface area contributed by atoms with Gasteiger partial charge in [-0.15, -0.1) is 0 Å². The van der Waals surface area contributed by atoms with Crippen molar-refractivity contribution in [1.82, 2.24) is 0 Å². The number of hydrogen-bond donors (Lipinski definition) is 1. The van der Waals surface area contributed by atoms with Gasteiger partial charge in [0.15, 0.2) is 0 Å². The molecule has 0 saturated heterocycles. The van der Waals surface area contributed by atoms with Crippen LogP contribution in [0.25, 0.3) is 6.08 Å². The molecule has 1 aromatic rings. The van der Waals surface area contributed by atoms with Crippen molar-refractivity contribution in [3.05, 3.63) is 35.9 Å². The van der Waals surface area contributed by atoms with E-state index in [1.165, 1.54) is 13.2 Å². The number of hydrogen-bond acceptors (Lipinski definition) is 4. The van der Waals surface area contributed by atoms with Gasteiger partial charge in [0, 0.05) is 6.08 Å². The van der Waals surface area contributed by atoms with Gasteiger partial charge in [-0.1, -0.05) is 12.1 Å². The number of carbonyl (C=O) groups excluding carboxylic acids is 1. The van der Waals surface area contributed by atoms with Crippen LogP contribution in [0.3, 0.4) is 0 Å². The van der Waals surface area contributed by atoms with Crippen LogP contribution in [0.15, 0.2) is 30.3 Å². The van der Waals surface area contributed by atoms with E-state index in [-0.39, 0.29) is 19.0 Å². The first kappa shape index (κ1) is 13.8. The van der Waals surface area contributed by atoms with Crippen LogP contribution >= 0.6 is 0 Å². The molecule has 0 heterocycles. The van der Waals surface area contributed by atoms with Gasteiger partial charge >= 0.3 is 11.9 Å². The minimum Gasteiger partial charge on any atom is -0.493 e. The second-order valence-electron chi connectivity index (χ2n) is 3.42. The Kier molecular flexibility index (Phi) is 5.44. The summed E-state index contributed by atoms with van der Waals surface area (Å²) in [6, 6.07) is 6.87. The molecule has 0 bridgehead atoms. The molecule has 5 heteroatoms. The standard InChI is InChI=1S/C13H14O5/c1-17-13(16)8-9-18-11-5-2-10(3-6-11)4-7-12(14)15/h2-7H,8-9H2,1H3,(H,14,15). The highest BCUT2D eigenvalue weighted by Crippen LogP contribution is 2.13. The average Bonchev–Trinajstić information content (AvgIpc) is 2.37. The number of methoxy groups -OCH3 is 1. The van der Waals surface area contributed by atoms with E-state index < -0.39 is 5.97 Å². The van der Waals surface area contributed by atoms with E-state index >= 15 is 0 Å². The normalized spacial score (nSPS) is 10.3. The Labute approximate surface area is 105 Å². The van der Waals surface area contributed by atoms with Crippen molar-refractivity contribution in [2.45, 2.75) is 6.42 Å². The molecular weight excluding hydrogens is 236 g/mol. The summed E-state index contributed by atoms with van der Waals surface area (Å²) in [5.41, 5.74) is 0.762. The first-order valence-corrected chi connectivity index (χ1v) is 5.32. The topological polar surface area (TPSA) is 72.8 Å². The Morgan fingerprint density at radius 2 is 1.94 bits per heavy atom. The number of carbonyl (C=O) groups is 2. The molecule has 0 spiro atoms. The molecule has 0 atom stereocenters. The van der Waals surface area contributed by atoms with Crippen LogP contribution in [0, 0.1) is 0 Å². The second kappa shape index (κ2) is 7.11.